The van der Waals surface area contributed by atoms with Crippen LogP contribution in [0.3, 0.4) is 0 Å². The zero-order valence-corrected chi connectivity index (χ0v) is 8.29. The first kappa shape index (κ1) is 9.89. The van der Waals surface area contributed by atoms with Gasteiger partial charge in [0.2, 0.25) is 0 Å². The second kappa shape index (κ2) is 3.28. The SMILES string of the molecule is CCC1COC(=O)N1P(=O)(O)S. The number of rotatable bonds is 2. The first-order valence-electron chi connectivity index (χ1n) is 3.48. The molecule has 1 saturated heterocycles. The number of hydrogen-bond acceptors (Lipinski definition) is 3. The molecule has 0 aromatic rings. The van der Waals surface area contributed by atoms with Crippen molar-refractivity contribution in [2.45, 2.75) is 19.4 Å². The van der Waals surface area contributed by atoms with Gasteiger partial charge < -0.3 is 9.63 Å². The Hall–Kier alpha value is -0.190. The molecular formula is C5H10NO4PS. The van der Waals surface area contributed by atoms with Crippen LogP contribution >= 0.6 is 19.0 Å². The fourth-order valence-corrected chi connectivity index (χ4v) is 2.65. The van der Waals surface area contributed by atoms with Crippen LogP contribution in [0.15, 0.2) is 0 Å². The minimum atomic E-state index is -3.79. The van der Waals surface area contributed by atoms with Crippen LogP contribution in [0.1, 0.15) is 13.3 Å². The van der Waals surface area contributed by atoms with Crippen LogP contribution < -0.4 is 0 Å². The van der Waals surface area contributed by atoms with Crippen molar-refractivity contribution in [3.8, 4) is 0 Å². The normalized spacial score (nSPS) is 28.4. The van der Waals surface area contributed by atoms with Gasteiger partial charge in [0.1, 0.15) is 6.61 Å². The van der Waals surface area contributed by atoms with Gasteiger partial charge in [0.25, 0.3) is 0 Å². The van der Waals surface area contributed by atoms with Gasteiger partial charge >= 0.3 is 12.8 Å². The van der Waals surface area contributed by atoms with E-state index in [2.05, 4.69) is 17.0 Å². The molecule has 0 saturated carbocycles. The van der Waals surface area contributed by atoms with Crippen LogP contribution in [-0.4, -0.2) is 28.3 Å². The van der Waals surface area contributed by atoms with E-state index in [0.717, 1.165) is 4.67 Å². The molecule has 70 valence electrons. The van der Waals surface area contributed by atoms with Crippen molar-refractivity contribution in [1.82, 2.24) is 4.67 Å². The summed E-state index contributed by atoms with van der Waals surface area (Å²) in [5.41, 5.74) is 0. The standard InChI is InChI=1S/C5H10NO4PS/c1-2-4-3-10-5(7)6(4)11(8,9)12/h4H,2-3H2,1H3,(H2,8,9,12). The molecule has 0 aromatic carbocycles. The van der Waals surface area contributed by atoms with Gasteiger partial charge in [-0.15, -0.1) is 0 Å². The smallest absolute Gasteiger partial charge is 0.418 e. The number of thiol groups is 1. The molecule has 0 radical (unpaired) electrons. The molecule has 2 unspecified atom stereocenters. The second-order valence-corrected chi connectivity index (χ2v) is 5.52. The van der Waals surface area contributed by atoms with E-state index in [-0.39, 0.29) is 12.6 Å². The summed E-state index contributed by atoms with van der Waals surface area (Å²) in [6.07, 6.45) is -0.181. The maximum atomic E-state index is 11.0. The van der Waals surface area contributed by atoms with Gasteiger partial charge in [-0.3, -0.25) is 4.57 Å². The van der Waals surface area contributed by atoms with Crippen LogP contribution in [0.4, 0.5) is 4.79 Å². The lowest BCUT2D eigenvalue weighted by Crippen LogP contribution is -2.28. The topological polar surface area (TPSA) is 66.8 Å². The van der Waals surface area contributed by atoms with E-state index < -0.39 is 12.8 Å². The summed E-state index contributed by atoms with van der Waals surface area (Å²) in [7, 11) is 0. The highest BCUT2D eigenvalue weighted by molar-refractivity contribution is 8.45. The lowest BCUT2D eigenvalue weighted by Gasteiger charge is -2.21. The van der Waals surface area contributed by atoms with Crippen molar-refractivity contribution in [2.24, 2.45) is 0 Å². The van der Waals surface area contributed by atoms with Crippen molar-refractivity contribution < 1.29 is 19.0 Å². The summed E-state index contributed by atoms with van der Waals surface area (Å²) in [6, 6.07) is -0.328. The summed E-state index contributed by atoms with van der Waals surface area (Å²) in [5, 5.41) is 0. The van der Waals surface area contributed by atoms with Crippen LogP contribution in [0.2, 0.25) is 0 Å². The van der Waals surface area contributed by atoms with Crippen LogP contribution in [-0.2, 0) is 9.30 Å². The van der Waals surface area contributed by atoms with Gasteiger partial charge in [-0.1, -0.05) is 19.2 Å². The van der Waals surface area contributed by atoms with E-state index in [1.54, 1.807) is 0 Å². The van der Waals surface area contributed by atoms with Crippen molar-refractivity contribution in [3.05, 3.63) is 0 Å². The Kier molecular flexibility index (Phi) is 2.70. The lowest BCUT2D eigenvalue weighted by molar-refractivity contribution is 0.168. The van der Waals surface area contributed by atoms with E-state index >= 15 is 0 Å². The average Bonchev–Trinajstić information content (AvgIpc) is 2.29. The molecule has 1 rings (SSSR count). The van der Waals surface area contributed by atoms with E-state index in [4.69, 9.17) is 4.89 Å². The molecule has 1 aliphatic heterocycles. The fraction of sp³-hybridized carbons (Fsp3) is 0.800. The minimum Gasteiger partial charge on any atom is -0.447 e. The van der Waals surface area contributed by atoms with Gasteiger partial charge in [0.15, 0.2) is 0 Å². The summed E-state index contributed by atoms with van der Waals surface area (Å²) in [4.78, 5) is 19.9. The molecule has 1 N–H and O–H groups in total. The maximum Gasteiger partial charge on any atom is 0.418 e. The van der Waals surface area contributed by atoms with Crippen LogP contribution in [0.5, 0.6) is 0 Å². The minimum absolute atomic E-state index is 0.167. The van der Waals surface area contributed by atoms with E-state index in [1.807, 2.05) is 6.92 Å². The molecule has 7 heteroatoms. The number of carbonyl (C=O) groups excluding carboxylic acids is 1. The Morgan fingerprint density at radius 3 is 2.83 bits per heavy atom. The zero-order chi connectivity index (χ0) is 9.35. The number of amides is 1. The second-order valence-electron chi connectivity index (χ2n) is 2.50. The number of hydrogen-bond donors (Lipinski definition) is 2. The highest BCUT2D eigenvalue weighted by Crippen LogP contribution is 2.53. The summed E-state index contributed by atoms with van der Waals surface area (Å²) >= 11 is 3.46. The molecule has 1 fully saturated rings. The van der Waals surface area contributed by atoms with Gasteiger partial charge in [-0.05, 0) is 6.42 Å². The third-order valence-electron chi connectivity index (χ3n) is 1.68. The van der Waals surface area contributed by atoms with Crippen molar-refractivity contribution in [2.75, 3.05) is 6.61 Å². The van der Waals surface area contributed by atoms with Gasteiger partial charge in [0.05, 0.1) is 6.04 Å². The van der Waals surface area contributed by atoms with Crippen molar-refractivity contribution >= 4 is 25.1 Å². The summed E-state index contributed by atoms with van der Waals surface area (Å²) in [5.74, 6) is 0. The first-order valence-corrected chi connectivity index (χ1v) is 6.25. The predicted octanol–water partition coefficient (Wildman–Crippen LogP) is 1.25. The van der Waals surface area contributed by atoms with Gasteiger partial charge in [-0.2, -0.15) is 0 Å². The molecule has 1 heterocycles. The summed E-state index contributed by atoms with van der Waals surface area (Å²) in [6.45, 7) is -1.81. The van der Waals surface area contributed by atoms with Crippen LogP contribution in [0.25, 0.3) is 0 Å². The Labute approximate surface area is 75.4 Å². The Morgan fingerprint density at radius 2 is 2.50 bits per heavy atom. The molecule has 12 heavy (non-hydrogen) atoms. The largest absolute Gasteiger partial charge is 0.447 e. The third kappa shape index (κ3) is 1.76. The van der Waals surface area contributed by atoms with E-state index in [9.17, 15) is 9.36 Å². The molecular weight excluding hydrogens is 201 g/mol. The molecule has 0 spiro atoms. The van der Waals surface area contributed by atoms with Gasteiger partial charge in [0, 0.05) is 0 Å². The molecule has 5 nitrogen and oxygen atoms in total. The average molecular weight is 211 g/mol. The molecule has 2 atom stereocenters. The molecule has 0 aliphatic carbocycles. The number of carbonyl (C=O) groups is 1. The Bertz CT molecular complexity index is 240. The van der Waals surface area contributed by atoms with Crippen LogP contribution in [0, 0.1) is 0 Å². The number of nitrogens with zero attached hydrogens (tertiary/aromatic N) is 1. The van der Waals surface area contributed by atoms with Crippen molar-refractivity contribution in [3.63, 3.8) is 0 Å². The molecule has 1 aliphatic rings. The van der Waals surface area contributed by atoms with Gasteiger partial charge in [-0.25, -0.2) is 9.46 Å². The predicted molar refractivity (Wildman–Crippen MR) is 46.1 cm³/mol. The number of ether oxygens (including phenoxy) is 1. The zero-order valence-electron chi connectivity index (χ0n) is 6.51. The quantitative estimate of drug-likeness (QED) is 0.532. The Morgan fingerprint density at radius 1 is 1.92 bits per heavy atom. The highest BCUT2D eigenvalue weighted by atomic mass is 32.7. The highest BCUT2D eigenvalue weighted by Gasteiger charge is 2.41. The molecule has 0 bridgehead atoms. The lowest BCUT2D eigenvalue weighted by atomic mass is 10.3. The summed E-state index contributed by atoms with van der Waals surface area (Å²) < 4.78 is 16.4. The molecule has 0 aromatic heterocycles. The monoisotopic (exact) mass is 211 g/mol. The fourth-order valence-electron chi connectivity index (χ4n) is 1.06. The molecule has 1 amide bonds. The van der Waals surface area contributed by atoms with Crippen molar-refractivity contribution in [1.29, 1.82) is 0 Å². The first-order chi connectivity index (χ1) is 5.46. The van der Waals surface area contributed by atoms with E-state index in [1.165, 1.54) is 0 Å². The third-order valence-corrected chi connectivity index (χ3v) is 3.31. The number of cyclic esters (lactones) is 1. The Balaban J connectivity index is 2.85. The maximum absolute atomic E-state index is 11.0. The van der Waals surface area contributed by atoms with E-state index in [0.29, 0.717) is 6.42 Å².